The maximum absolute atomic E-state index is 6.01. The first-order valence-corrected chi connectivity index (χ1v) is 7.85. The van der Waals surface area contributed by atoms with E-state index in [4.69, 9.17) is 22.1 Å². The van der Waals surface area contributed by atoms with Gasteiger partial charge in [0.15, 0.2) is 5.82 Å². The van der Waals surface area contributed by atoms with E-state index < -0.39 is 0 Å². The SMILES string of the molecule is COCc1nc(-c2cc(Br)c(Cl)s2)nc(N)c1I. The van der Waals surface area contributed by atoms with Crippen molar-refractivity contribution in [1.82, 2.24) is 9.97 Å². The van der Waals surface area contributed by atoms with E-state index in [2.05, 4.69) is 48.5 Å². The Morgan fingerprint density at radius 1 is 1.56 bits per heavy atom. The molecule has 4 nitrogen and oxygen atoms in total. The van der Waals surface area contributed by atoms with E-state index in [-0.39, 0.29) is 0 Å². The molecule has 0 amide bonds. The molecule has 8 heteroatoms. The van der Waals surface area contributed by atoms with E-state index in [1.54, 1.807) is 7.11 Å². The summed E-state index contributed by atoms with van der Waals surface area (Å²) in [7, 11) is 1.62. The van der Waals surface area contributed by atoms with Crippen LogP contribution in [0.25, 0.3) is 10.7 Å². The van der Waals surface area contributed by atoms with Gasteiger partial charge in [0.25, 0.3) is 0 Å². The number of anilines is 1. The molecule has 0 bridgehead atoms. The minimum absolute atomic E-state index is 0.401. The Hall–Kier alpha value is 0.0400. The quantitative estimate of drug-likeness (QED) is 0.705. The monoisotopic (exact) mass is 459 g/mol. The van der Waals surface area contributed by atoms with Crippen LogP contribution in [0, 0.1) is 3.57 Å². The van der Waals surface area contributed by atoms with Crippen LogP contribution in [0.4, 0.5) is 5.82 Å². The molecule has 0 aromatic carbocycles. The van der Waals surface area contributed by atoms with Crippen LogP contribution in [0.2, 0.25) is 4.34 Å². The van der Waals surface area contributed by atoms with Crippen LogP contribution < -0.4 is 5.73 Å². The highest BCUT2D eigenvalue weighted by Gasteiger charge is 2.14. The number of aromatic nitrogens is 2. The number of hydrogen-bond acceptors (Lipinski definition) is 5. The second-order valence-electron chi connectivity index (χ2n) is 3.36. The fourth-order valence-electron chi connectivity index (χ4n) is 1.31. The highest BCUT2D eigenvalue weighted by atomic mass is 127. The predicted molar refractivity (Wildman–Crippen MR) is 85.9 cm³/mol. The third-order valence-electron chi connectivity index (χ3n) is 2.09. The molecular formula is C10H8BrClIN3OS. The molecule has 2 N–H and O–H groups in total. The van der Waals surface area contributed by atoms with Crippen molar-refractivity contribution in [2.45, 2.75) is 6.61 Å². The number of methoxy groups -OCH3 is 1. The number of nitrogens with zero attached hydrogens (tertiary/aromatic N) is 2. The van der Waals surface area contributed by atoms with Crippen LogP contribution in [0.3, 0.4) is 0 Å². The second-order valence-corrected chi connectivity index (χ2v) is 6.95. The molecule has 0 unspecified atom stereocenters. The number of nitrogens with two attached hydrogens (primary N) is 1. The van der Waals surface area contributed by atoms with Gasteiger partial charge in [-0.05, 0) is 44.6 Å². The van der Waals surface area contributed by atoms with Gasteiger partial charge in [0.2, 0.25) is 0 Å². The van der Waals surface area contributed by atoms with Gasteiger partial charge in [0, 0.05) is 11.6 Å². The predicted octanol–water partition coefficient (Wildman–Crippen LogP) is 3.95. The molecule has 0 fully saturated rings. The van der Waals surface area contributed by atoms with Crippen molar-refractivity contribution >= 4 is 67.3 Å². The lowest BCUT2D eigenvalue weighted by atomic mass is 10.3. The van der Waals surface area contributed by atoms with Crippen LogP contribution in [0.5, 0.6) is 0 Å². The van der Waals surface area contributed by atoms with Crippen LogP contribution >= 0.6 is 61.5 Å². The molecule has 2 aromatic rings. The minimum Gasteiger partial charge on any atom is -0.383 e. The van der Waals surface area contributed by atoms with Gasteiger partial charge in [0.1, 0.15) is 10.2 Å². The Kier molecular flexibility index (Phi) is 4.81. The fraction of sp³-hybridized carbons (Fsp3) is 0.200. The summed E-state index contributed by atoms with van der Waals surface area (Å²) in [4.78, 5) is 9.60. The zero-order valence-corrected chi connectivity index (χ0v) is 14.5. The molecule has 0 aliphatic heterocycles. The van der Waals surface area contributed by atoms with Crippen molar-refractivity contribution in [3.8, 4) is 10.7 Å². The van der Waals surface area contributed by atoms with Gasteiger partial charge < -0.3 is 10.5 Å². The molecule has 2 rings (SSSR count). The van der Waals surface area contributed by atoms with Crippen LogP contribution in [0.15, 0.2) is 10.5 Å². The molecule has 0 aliphatic rings. The average Bonchev–Trinajstić information content (AvgIpc) is 2.65. The Morgan fingerprint density at radius 3 is 2.83 bits per heavy atom. The normalized spacial score (nSPS) is 10.9. The lowest BCUT2D eigenvalue weighted by Crippen LogP contribution is -2.05. The highest BCUT2D eigenvalue weighted by molar-refractivity contribution is 14.1. The maximum atomic E-state index is 6.01. The maximum Gasteiger partial charge on any atom is 0.172 e. The molecule has 0 spiro atoms. The van der Waals surface area contributed by atoms with Gasteiger partial charge in [-0.15, -0.1) is 11.3 Å². The van der Waals surface area contributed by atoms with Crippen LogP contribution in [-0.2, 0) is 11.3 Å². The van der Waals surface area contributed by atoms with Crippen molar-refractivity contribution in [2.75, 3.05) is 12.8 Å². The number of ether oxygens (including phenoxy) is 1. The molecular weight excluding hydrogens is 452 g/mol. The average molecular weight is 461 g/mol. The minimum atomic E-state index is 0.401. The highest BCUT2D eigenvalue weighted by Crippen LogP contribution is 2.37. The van der Waals surface area contributed by atoms with Gasteiger partial charge in [0.05, 0.1) is 20.7 Å². The summed E-state index contributed by atoms with van der Waals surface area (Å²) in [5, 5.41) is 0. The van der Waals surface area contributed by atoms with Crippen molar-refractivity contribution in [1.29, 1.82) is 0 Å². The summed E-state index contributed by atoms with van der Waals surface area (Å²) in [6.45, 7) is 0.401. The van der Waals surface area contributed by atoms with Gasteiger partial charge in [-0.3, -0.25) is 0 Å². The summed E-state index contributed by atoms with van der Waals surface area (Å²) in [6.07, 6.45) is 0. The van der Waals surface area contributed by atoms with E-state index in [0.29, 0.717) is 22.6 Å². The zero-order chi connectivity index (χ0) is 13.3. The third kappa shape index (κ3) is 2.96. The smallest absolute Gasteiger partial charge is 0.172 e. The fourth-order valence-corrected chi connectivity index (χ4v) is 3.35. The first-order valence-electron chi connectivity index (χ1n) is 4.79. The second kappa shape index (κ2) is 6.00. The van der Waals surface area contributed by atoms with Gasteiger partial charge in [-0.1, -0.05) is 11.6 Å². The van der Waals surface area contributed by atoms with Gasteiger partial charge >= 0.3 is 0 Å². The summed E-state index contributed by atoms with van der Waals surface area (Å²) in [6, 6.07) is 1.88. The lowest BCUT2D eigenvalue weighted by molar-refractivity contribution is 0.181. The molecule has 0 aliphatic carbocycles. The third-order valence-corrected chi connectivity index (χ3v) is 5.74. The molecule has 2 heterocycles. The Balaban J connectivity index is 2.51. The Morgan fingerprint density at radius 2 is 2.28 bits per heavy atom. The van der Waals surface area contributed by atoms with Crippen molar-refractivity contribution in [3.63, 3.8) is 0 Å². The standard InChI is InChI=1S/C10H8BrClIN3OS/c1-17-3-5-7(13)9(14)16-10(15-5)6-2-4(11)8(12)18-6/h2H,3H2,1H3,(H2,14,15,16). The summed E-state index contributed by atoms with van der Waals surface area (Å²) in [5.41, 5.74) is 6.66. The lowest BCUT2D eigenvalue weighted by Gasteiger charge is -2.07. The van der Waals surface area contributed by atoms with Gasteiger partial charge in [-0.2, -0.15) is 0 Å². The van der Waals surface area contributed by atoms with Crippen LogP contribution in [0.1, 0.15) is 5.69 Å². The number of hydrogen-bond donors (Lipinski definition) is 1. The van der Waals surface area contributed by atoms with Crippen molar-refractivity contribution in [2.24, 2.45) is 0 Å². The molecule has 0 saturated heterocycles. The topological polar surface area (TPSA) is 61.0 Å². The molecule has 96 valence electrons. The van der Waals surface area contributed by atoms with E-state index >= 15 is 0 Å². The number of halogens is 3. The van der Waals surface area contributed by atoms with E-state index in [1.165, 1.54) is 11.3 Å². The first kappa shape index (κ1) is 14.4. The van der Waals surface area contributed by atoms with Crippen molar-refractivity contribution < 1.29 is 4.74 Å². The molecule has 2 aromatic heterocycles. The van der Waals surface area contributed by atoms with Crippen molar-refractivity contribution in [3.05, 3.63) is 24.1 Å². The van der Waals surface area contributed by atoms with Crippen LogP contribution in [-0.4, -0.2) is 17.1 Å². The van der Waals surface area contributed by atoms with Gasteiger partial charge in [-0.25, -0.2) is 9.97 Å². The Labute approximate surface area is 135 Å². The molecule has 0 atom stereocenters. The summed E-state index contributed by atoms with van der Waals surface area (Å²) >= 11 is 12.9. The Bertz CT molecular complexity index is 573. The number of nitrogen functional groups attached to an aromatic ring is 1. The first-order chi connectivity index (χ1) is 8.52. The molecule has 18 heavy (non-hydrogen) atoms. The van der Waals surface area contributed by atoms with E-state index in [9.17, 15) is 0 Å². The summed E-state index contributed by atoms with van der Waals surface area (Å²) in [5.74, 6) is 1.02. The largest absolute Gasteiger partial charge is 0.383 e. The van der Waals surface area contributed by atoms with E-state index in [0.717, 1.165) is 18.6 Å². The number of rotatable bonds is 3. The molecule has 0 saturated carbocycles. The summed E-state index contributed by atoms with van der Waals surface area (Å²) < 4.78 is 7.42. The zero-order valence-electron chi connectivity index (χ0n) is 9.21. The molecule has 0 radical (unpaired) electrons. The van der Waals surface area contributed by atoms with E-state index in [1.807, 2.05) is 6.07 Å². The number of thiophene rings is 1.